The van der Waals surface area contributed by atoms with Crippen molar-refractivity contribution < 1.29 is 36.7 Å². The van der Waals surface area contributed by atoms with Crippen LogP contribution in [0.2, 0.25) is 0 Å². The monoisotopic (exact) mass is 681 g/mol. The van der Waals surface area contributed by atoms with Gasteiger partial charge in [0, 0.05) is 13.1 Å². The number of rotatable bonds is 8. The molecule has 2 aliphatic heterocycles. The molecule has 0 aromatic heterocycles. The minimum atomic E-state index is -3.65. The number of carboxylic acid groups (broad SMARTS) is 1. The number of carbonyl (C=O) groups is 2. The lowest BCUT2D eigenvalue weighted by Crippen LogP contribution is -2.51. The summed E-state index contributed by atoms with van der Waals surface area (Å²) in [6.45, 7) is 0.584. The number of nitrogens with one attached hydrogen (secondary N) is 1. The first kappa shape index (κ1) is 34.5. The minimum absolute atomic E-state index is 0.160. The Bertz CT molecular complexity index is 1970. The molecule has 11 nitrogen and oxygen atoms in total. The highest BCUT2D eigenvalue weighted by Crippen LogP contribution is 2.26. The van der Waals surface area contributed by atoms with Crippen molar-refractivity contribution in [1.82, 2.24) is 14.1 Å². The predicted octanol–water partition coefficient (Wildman–Crippen LogP) is 4.64. The molecule has 2 saturated heterocycles. The highest BCUT2D eigenvalue weighted by molar-refractivity contribution is 7.88. The zero-order chi connectivity index (χ0) is 33.6. The van der Waals surface area contributed by atoms with Gasteiger partial charge in [0.15, 0.2) is 0 Å². The molecule has 0 spiro atoms. The van der Waals surface area contributed by atoms with E-state index >= 15 is 0 Å². The van der Waals surface area contributed by atoms with Crippen LogP contribution in [0.25, 0.3) is 21.5 Å². The van der Waals surface area contributed by atoms with E-state index < -0.39 is 44.0 Å². The van der Waals surface area contributed by atoms with E-state index in [1.165, 1.54) is 4.31 Å². The molecule has 4 aromatic rings. The smallest absolute Gasteiger partial charge is 0.322 e. The first-order valence-corrected chi connectivity index (χ1v) is 18.8. The molecule has 4 aromatic carbocycles. The number of amides is 1. The Labute approximate surface area is 274 Å². The topological polar surface area (TPSA) is 161 Å². The van der Waals surface area contributed by atoms with E-state index in [4.69, 9.17) is 5.21 Å². The molecule has 6 rings (SSSR count). The zero-order valence-electron chi connectivity index (χ0n) is 25.9. The lowest BCUT2D eigenvalue weighted by molar-refractivity contribution is -0.142. The largest absolute Gasteiger partial charge is 0.480 e. The van der Waals surface area contributed by atoms with Crippen molar-refractivity contribution >= 4 is 53.5 Å². The SMILES string of the molecule is O=C(NO)[C@H]1CCCCN1S(=O)(=O)Cc1ccc2ccccc2c1.O=C(O)[C@H]1CCCCN1S(=O)(=O)Cc1ccc2ccccc2c1. The number of hydrogen-bond donors (Lipinski definition) is 3. The number of aliphatic carboxylic acids is 1. The Kier molecular flexibility index (Phi) is 10.9. The minimum Gasteiger partial charge on any atom is -0.480 e. The number of nitrogens with zero attached hydrogens (tertiary/aromatic N) is 2. The number of benzene rings is 4. The van der Waals surface area contributed by atoms with Crippen molar-refractivity contribution in [3.05, 3.63) is 96.1 Å². The average Bonchev–Trinajstić information content (AvgIpc) is 3.07. The van der Waals surface area contributed by atoms with Gasteiger partial charge in [-0.25, -0.2) is 22.3 Å². The first-order chi connectivity index (χ1) is 22.5. The second-order valence-electron chi connectivity index (χ2n) is 11.9. The van der Waals surface area contributed by atoms with Gasteiger partial charge in [-0.1, -0.05) is 91.3 Å². The molecule has 2 fully saturated rings. The van der Waals surface area contributed by atoms with Crippen molar-refractivity contribution in [2.75, 3.05) is 13.1 Å². The molecular weight excluding hydrogens is 643 g/mol. The number of piperidine rings is 2. The van der Waals surface area contributed by atoms with Crippen LogP contribution >= 0.6 is 0 Å². The van der Waals surface area contributed by atoms with Crippen molar-refractivity contribution in [1.29, 1.82) is 0 Å². The van der Waals surface area contributed by atoms with E-state index in [9.17, 15) is 31.5 Å². The van der Waals surface area contributed by atoms with E-state index in [2.05, 4.69) is 0 Å². The van der Waals surface area contributed by atoms with Gasteiger partial charge in [0.05, 0.1) is 11.5 Å². The van der Waals surface area contributed by atoms with Crippen LogP contribution in [0.5, 0.6) is 0 Å². The number of sulfonamides is 2. The van der Waals surface area contributed by atoms with Crippen LogP contribution in [0.15, 0.2) is 84.9 Å². The van der Waals surface area contributed by atoms with Gasteiger partial charge in [0.2, 0.25) is 20.0 Å². The van der Waals surface area contributed by atoms with Crippen molar-refractivity contribution in [2.24, 2.45) is 0 Å². The van der Waals surface area contributed by atoms with Gasteiger partial charge in [-0.15, -0.1) is 0 Å². The van der Waals surface area contributed by atoms with Crippen molar-refractivity contribution in [3.8, 4) is 0 Å². The summed E-state index contributed by atoms with van der Waals surface area (Å²) in [6, 6.07) is 24.8. The summed E-state index contributed by atoms with van der Waals surface area (Å²) in [7, 11) is -7.29. The van der Waals surface area contributed by atoms with Crippen LogP contribution in [0.1, 0.15) is 49.7 Å². The second-order valence-corrected chi connectivity index (χ2v) is 15.8. The predicted molar refractivity (Wildman–Crippen MR) is 179 cm³/mol. The van der Waals surface area contributed by atoms with Crippen LogP contribution in [0.3, 0.4) is 0 Å². The molecule has 2 aliphatic rings. The number of carboxylic acids is 1. The summed E-state index contributed by atoms with van der Waals surface area (Å²) < 4.78 is 53.3. The summed E-state index contributed by atoms with van der Waals surface area (Å²) in [5, 5.41) is 22.2. The summed E-state index contributed by atoms with van der Waals surface area (Å²) >= 11 is 0. The van der Waals surface area contributed by atoms with Crippen LogP contribution in [0.4, 0.5) is 0 Å². The Morgan fingerprint density at radius 2 is 1.06 bits per heavy atom. The summed E-state index contributed by atoms with van der Waals surface area (Å²) in [5.41, 5.74) is 2.94. The van der Waals surface area contributed by atoms with E-state index in [1.807, 2.05) is 72.8 Å². The molecule has 2 heterocycles. The molecular formula is C34H39N3O8S2. The molecule has 0 aliphatic carbocycles. The number of fused-ring (bicyclic) bond motifs is 2. The summed E-state index contributed by atoms with van der Waals surface area (Å²) in [4.78, 5) is 23.1. The van der Waals surface area contributed by atoms with Gasteiger partial charge < -0.3 is 5.11 Å². The molecule has 0 unspecified atom stereocenters. The lowest BCUT2D eigenvalue weighted by Gasteiger charge is -2.33. The standard InChI is InChI=1S/C17H20N2O4S.C17H19NO4S/c20-17(18-21)16-7-3-4-10-19(16)24(22,23)12-13-8-9-14-5-1-2-6-15(14)11-13;19-17(20)16-7-3-4-10-18(16)23(21,22)12-13-8-9-14-5-1-2-6-15(14)11-13/h1-2,5-6,8-9,11,16,21H,3-4,7,10,12H2,(H,18,20);1-2,5-6,8-9,11,16H,3-4,7,10,12H2,(H,19,20)/t2*16-/m11/s1. The Balaban J connectivity index is 0.000000185. The molecule has 0 bridgehead atoms. The normalized spacial score (nSPS) is 19.5. The zero-order valence-corrected chi connectivity index (χ0v) is 27.5. The lowest BCUT2D eigenvalue weighted by atomic mass is 10.0. The molecule has 250 valence electrons. The van der Waals surface area contributed by atoms with Crippen LogP contribution in [-0.2, 0) is 41.1 Å². The highest BCUT2D eigenvalue weighted by atomic mass is 32.2. The molecule has 0 radical (unpaired) electrons. The van der Waals surface area contributed by atoms with Gasteiger partial charge in [0.25, 0.3) is 5.91 Å². The van der Waals surface area contributed by atoms with Gasteiger partial charge in [-0.3, -0.25) is 14.8 Å². The maximum atomic E-state index is 12.8. The van der Waals surface area contributed by atoms with E-state index in [1.54, 1.807) is 17.6 Å². The van der Waals surface area contributed by atoms with Crippen LogP contribution in [0, 0.1) is 0 Å². The molecule has 2 atom stereocenters. The molecule has 3 N–H and O–H groups in total. The number of hydrogen-bond acceptors (Lipinski definition) is 7. The van der Waals surface area contributed by atoms with E-state index in [0.29, 0.717) is 43.4 Å². The second kappa shape index (κ2) is 14.9. The number of hydroxylamine groups is 1. The quantitative estimate of drug-likeness (QED) is 0.179. The average molecular weight is 682 g/mol. The van der Waals surface area contributed by atoms with Gasteiger partial charge in [0.1, 0.15) is 12.1 Å². The Morgan fingerprint density at radius 3 is 1.51 bits per heavy atom. The van der Waals surface area contributed by atoms with Gasteiger partial charge in [-0.05, 0) is 64.8 Å². The van der Waals surface area contributed by atoms with Gasteiger partial charge >= 0.3 is 5.97 Å². The summed E-state index contributed by atoms with van der Waals surface area (Å²) in [6.07, 6.45) is 3.74. The fourth-order valence-electron chi connectivity index (χ4n) is 6.30. The van der Waals surface area contributed by atoms with Gasteiger partial charge in [-0.2, -0.15) is 8.61 Å². The first-order valence-electron chi connectivity index (χ1n) is 15.6. The Morgan fingerprint density at radius 1 is 0.638 bits per heavy atom. The Hall–Kier alpha value is -3.88. The number of carbonyl (C=O) groups excluding carboxylic acids is 1. The van der Waals surface area contributed by atoms with Crippen LogP contribution in [-0.4, -0.2) is 72.8 Å². The molecule has 0 saturated carbocycles. The maximum absolute atomic E-state index is 12.8. The van der Waals surface area contributed by atoms with E-state index in [-0.39, 0.29) is 18.1 Å². The fourth-order valence-corrected chi connectivity index (χ4v) is 9.82. The highest BCUT2D eigenvalue weighted by Gasteiger charge is 2.37. The maximum Gasteiger partial charge on any atom is 0.322 e. The third-order valence-corrected chi connectivity index (χ3v) is 12.3. The third kappa shape index (κ3) is 8.35. The van der Waals surface area contributed by atoms with Crippen molar-refractivity contribution in [2.45, 2.75) is 62.1 Å². The van der Waals surface area contributed by atoms with E-state index in [0.717, 1.165) is 38.7 Å². The molecule has 13 heteroatoms. The van der Waals surface area contributed by atoms with Crippen molar-refractivity contribution in [3.63, 3.8) is 0 Å². The van der Waals surface area contributed by atoms with Crippen LogP contribution < -0.4 is 5.48 Å². The fraction of sp³-hybridized carbons (Fsp3) is 0.353. The molecule has 47 heavy (non-hydrogen) atoms. The molecule has 1 amide bonds. The summed E-state index contributed by atoms with van der Waals surface area (Å²) in [5.74, 6) is -2.06. The third-order valence-electron chi connectivity index (χ3n) is 8.65.